The second-order valence-electron chi connectivity index (χ2n) is 12.7. The van der Waals surface area contributed by atoms with Crippen LogP contribution in [0, 0.1) is 5.92 Å². The summed E-state index contributed by atoms with van der Waals surface area (Å²) >= 11 is 0. The van der Waals surface area contributed by atoms with Crippen LogP contribution in [0.5, 0.6) is 0 Å². The van der Waals surface area contributed by atoms with E-state index >= 15 is 0 Å². The largest absolute Gasteiger partial charge is 0.386 e. The third-order valence-corrected chi connectivity index (χ3v) is 8.58. The van der Waals surface area contributed by atoms with Crippen molar-refractivity contribution in [2.45, 2.75) is 96.2 Å². The van der Waals surface area contributed by atoms with Crippen LogP contribution in [-0.2, 0) is 16.6 Å². The molecule has 41 heavy (non-hydrogen) atoms. The fourth-order valence-corrected chi connectivity index (χ4v) is 5.93. The van der Waals surface area contributed by atoms with Gasteiger partial charge in [0.25, 0.3) is 0 Å². The zero-order chi connectivity index (χ0) is 29.5. The number of imidazole rings is 2. The first kappa shape index (κ1) is 29.4. The number of benzene rings is 1. The topological polar surface area (TPSA) is 151 Å². The molecule has 0 spiro atoms. The molecule has 1 aliphatic carbocycles. The van der Waals surface area contributed by atoms with Gasteiger partial charge >= 0.3 is 0 Å². The Morgan fingerprint density at radius 1 is 1.17 bits per heavy atom. The Morgan fingerprint density at radius 2 is 1.93 bits per heavy atom. The van der Waals surface area contributed by atoms with Crippen molar-refractivity contribution >= 4 is 28.0 Å². The van der Waals surface area contributed by atoms with Gasteiger partial charge in [-0.05, 0) is 62.1 Å². The lowest BCUT2D eigenvalue weighted by Gasteiger charge is -2.46. The minimum Gasteiger partial charge on any atom is -0.386 e. The lowest BCUT2D eigenvalue weighted by Crippen LogP contribution is -2.53. The molecule has 0 unspecified atom stereocenters. The highest BCUT2D eigenvalue weighted by molar-refractivity contribution is 5.81. The molecule has 3 atom stereocenters. The molecular formula is C30H44N8O3. The van der Waals surface area contributed by atoms with E-state index in [1.807, 2.05) is 0 Å². The van der Waals surface area contributed by atoms with E-state index in [2.05, 4.69) is 77.7 Å². The van der Waals surface area contributed by atoms with Crippen LogP contribution in [-0.4, -0.2) is 82.5 Å². The highest BCUT2D eigenvalue weighted by Gasteiger charge is 2.38. The average molecular weight is 565 g/mol. The van der Waals surface area contributed by atoms with Crippen molar-refractivity contribution in [3.8, 4) is 0 Å². The molecule has 11 heteroatoms. The van der Waals surface area contributed by atoms with Crippen molar-refractivity contribution < 1.29 is 14.9 Å². The lowest BCUT2D eigenvalue weighted by molar-refractivity contribution is -0.119. The third-order valence-electron chi connectivity index (χ3n) is 8.58. The van der Waals surface area contributed by atoms with Gasteiger partial charge in [0.15, 0.2) is 17.7 Å². The highest BCUT2D eigenvalue weighted by atomic mass is 16.5. The molecule has 5 N–H and O–H groups in total. The molecule has 0 radical (unpaired) electrons. The number of anilines is 1. The first-order valence-corrected chi connectivity index (χ1v) is 14.5. The summed E-state index contributed by atoms with van der Waals surface area (Å²) in [7, 11) is 1.56. The van der Waals surface area contributed by atoms with Crippen LogP contribution >= 0.6 is 0 Å². The average Bonchev–Trinajstić information content (AvgIpc) is 3.52. The molecule has 5 rings (SSSR count). The van der Waals surface area contributed by atoms with Gasteiger partial charge in [-0.1, -0.05) is 26.8 Å². The van der Waals surface area contributed by atoms with Crippen molar-refractivity contribution in [3.05, 3.63) is 42.2 Å². The molecule has 222 valence electrons. The highest BCUT2D eigenvalue weighted by Crippen LogP contribution is 2.37. The Balaban J connectivity index is 1.17. The van der Waals surface area contributed by atoms with E-state index in [0.29, 0.717) is 29.7 Å². The fourth-order valence-electron chi connectivity index (χ4n) is 5.93. The molecule has 1 saturated carbocycles. The molecule has 1 aliphatic rings. The van der Waals surface area contributed by atoms with Gasteiger partial charge in [0.1, 0.15) is 29.9 Å². The van der Waals surface area contributed by atoms with Crippen molar-refractivity contribution in [1.82, 2.24) is 34.4 Å². The SMILES string of the molecule is CO[C@H](CN(C(C)C)C1CC(CCc2nc3ccc(C(C)(C)C)cc3[nH]2)C1)[C@@H](O)[C@@H](O)n1cnc2c(N)ncnc21. The first-order chi connectivity index (χ1) is 19.5. The molecule has 1 fully saturated rings. The van der Waals surface area contributed by atoms with Gasteiger partial charge in [-0.25, -0.2) is 19.9 Å². The number of aliphatic hydroxyl groups is 2. The number of hydrogen-bond donors (Lipinski definition) is 4. The van der Waals surface area contributed by atoms with Crippen LogP contribution < -0.4 is 5.73 Å². The van der Waals surface area contributed by atoms with Crippen LogP contribution in [0.2, 0.25) is 0 Å². The predicted octanol–water partition coefficient (Wildman–Crippen LogP) is 3.57. The number of nitrogen functional groups attached to an aromatic ring is 1. The van der Waals surface area contributed by atoms with E-state index in [1.54, 1.807) is 7.11 Å². The van der Waals surface area contributed by atoms with E-state index in [1.165, 1.54) is 22.8 Å². The van der Waals surface area contributed by atoms with Crippen molar-refractivity contribution in [1.29, 1.82) is 0 Å². The van der Waals surface area contributed by atoms with Gasteiger partial charge in [0, 0.05) is 32.2 Å². The number of aromatic nitrogens is 6. The molecule has 1 aromatic carbocycles. The van der Waals surface area contributed by atoms with Gasteiger partial charge in [0.2, 0.25) is 0 Å². The minimum absolute atomic E-state index is 0.107. The number of ether oxygens (including phenoxy) is 1. The standard InChI is InChI=1S/C30H44N8O3/c1-17(2)37(14-23(41-6)26(39)29(40)38-16-34-25-27(31)32-15-33-28(25)38)20-11-18(12-20)7-10-24-35-21-9-8-19(30(3,4)5)13-22(21)36-24/h8-9,13,15-18,20,23,26,29,39-40H,7,10-12,14H2,1-6H3,(H,35,36)(H2,31,32,33)/t18?,20?,23-,26-,29-/m1/s1. The Hall–Kier alpha value is -3.12. The van der Waals surface area contributed by atoms with Gasteiger partial charge in [-0.15, -0.1) is 0 Å². The van der Waals surface area contributed by atoms with Crippen molar-refractivity contribution in [2.75, 3.05) is 19.4 Å². The number of nitrogens with two attached hydrogens (primary N) is 1. The van der Waals surface area contributed by atoms with Crippen molar-refractivity contribution in [3.63, 3.8) is 0 Å². The number of H-pyrrole nitrogens is 1. The zero-order valence-corrected chi connectivity index (χ0v) is 24.9. The number of nitrogens with zero attached hydrogens (tertiary/aromatic N) is 6. The van der Waals surface area contributed by atoms with E-state index in [4.69, 9.17) is 15.5 Å². The maximum absolute atomic E-state index is 11.1. The maximum Gasteiger partial charge on any atom is 0.167 e. The van der Waals surface area contributed by atoms with E-state index < -0.39 is 18.4 Å². The number of aromatic amines is 1. The van der Waals surface area contributed by atoms with Crippen LogP contribution in [0.4, 0.5) is 5.82 Å². The Morgan fingerprint density at radius 3 is 2.61 bits per heavy atom. The summed E-state index contributed by atoms with van der Waals surface area (Å²) < 4.78 is 7.11. The molecule has 11 nitrogen and oxygen atoms in total. The molecule has 3 heterocycles. The Bertz CT molecular complexity index is 1470. The van der Waals surface area contributed by atoms with Gasteiger partial charge in [0.05, 0.1) is 17.4 Å². The minimum atomic E-state index is -1.30. The van der Waals surface area contributed by atoms with Crippen LogP contribution in [0.1, 0.15) is 71.5 Å². The number of methoxy groups -OCH3 is 1. The molecular weight excluding hydrogens is 520 g/mol. The monoisotopic (exact) mass is 564 g/mol. The summed E-state index contributed by atoms with van der Waals surface area (Å²) in [4.78, 5) is 23.1. The summed E-state index contributed by atoms with van der Waals surface area (Å²) in [6, 6.07) is 7.17. The second kappa shape index (κ2) is 11.6. The Kier molecular flexibility index (Phi) is 8.34. The number of nitrogens with one attached hydrogen (secondary N) is 1. The molecule has 4 aromatic rings. The third kappa shape index (κ3) is 6.08. The predicted molar refractivity (Wildman–Crippen MR) is 159 cm³/mol. The molecule has 0 aliphatic heterocycles. The van der Waals surface area contributed by atoms with Gasteiger partial charge < -0.3 is 25.7 Å². The second-order valence-corrected chi connectivity index (χ2v) is 12.7. The van der Waals surface area contributed by atoms with Crippen LogP contribution in [0.3, 0.4) is 0 Å². The maximum atomic E-state index is 11.1. The fraction of sp³-hybridized carbons (Fsp3) is 0.600. The number of aliphatic hydroxyl groups excluding tert-OH is 2. The van der Waals surface area contributed by atoms with E-state index in [9.17, 15) is 10.2 Å². The number of hydrogen-bond acceptors (Lipinski definition) is 9. The number of aryl methyl sites for hydroxylation is 1. The summed E-state index contributed by atoms with van der Waals surface area (Å²) in [5, 5.41) is 22.2. The smallest absolute Gasteiger partial charge is 0.167 e. The number of fused-ring (bicyclic) bond motifs is 2. The quantitative estimate of drug-likeness (QED) is 0.214. The lowest BCUT2D eigenvalue weighted by atomic mass is 9.76. The summed E-state index contributed by atoms with van der Waals surface area (Å²) in [5.41, 5.74) is 10.2. The normalized spacial score (nSPS) is 20.1. The summed E-state index contributed by atoms with van der Waals surface area (Å²) in [6.07, 6.45) is 3.80. The van der Waals surface area contributed by atoms with Crippen molar-refractivity contribution in [2.24, 2.45) is 5.92 Å². The summed E-state index contributed by atoms with van der Waals surface area (Å²) in [6.45, 7) is 11.5. The Labute approximate surface area is 241 Å². The number of rotatable bonds is 11. The van der Waals surface area contributed by atoms with E-state index in [0.717, 1.165) is 42.5 Å². The van der Waals surface area contributed by atoms with Gasteiger partial charge in [-0.2, -0.15) is 0 Å². The molecule has 0 saturated heterocycles. The van der Waals surface area contributed by atoms with E-state index in [-0.39, 0.29) is 17.3 Å². The molecule has 0 bridgehead atoms. The molecule has 3 aromatic heterocycles. The summed E-state index contributed by atoms with van der Waals surface area (Å²) in [5.74, 6) is 1.89. The van der Waals surface area contributed by atoms with Gasteiger partial charge in [-0.3, -0.25) is 9.47 Å². The van der Waals surface area contributed by atoms with Crippen LogP contribution in [0.15, 0.2) is 30.9 Å². The molecule has 0 amide bonds. The first-order valence-electron chi connectivity index (χ1n) is 14.5. The van der Waals surface area contributed by atoms with Crippen LogP contribution in [0.25, 0.3) is 22.2 Å². The zero-order valence-electron chi connectivity index (χ0n) is 24.9.